The molecule has 2 atom stereocenters. The Bertz CT molecular complexity index is 479. The second-order valence-corrected chi connectivity index (χ2v) is 5.68. The lowest BCUT2D eigenvalue weighted by Gasteiger charge is -2.35. The van der Waals surface area contributed by atoms with Crippen molar-refractivity contribution < 1.29 is 14.9 Å². The van der Waals surface area contributed by atoms with Gasteiger partial charge in [-0.3, -0.25) is 0 Å². The van der Waals surface area contributed by atoms with Crippen LogP contribution in [0.1, 0.15) is 25.8 Å². The van der Waals surface area contributed by atoms with E-state index in [0.717, 1.165) is 38.0 Å². The van der Waals surface area contributed by atoms with Crippen LogP contribution in [0.15, 0.2) is 12.1 Å². The summed E-state index contributed by atoms with van der Waals surface area (Å²) >= 11 is 0. The monoisotopic (exact) mass is 294 g/mol. The van der Waals surface area contributed by atoms with Crippen molar-refractivity contribution in [2.45, 2.75) is 32.8 Å². The van der Waals surface area contributed by atoms with Crippen LogP contribution in [0.25, 0.3) is 0 Å². The molecule has 0 aliphatic carbocycles. The molecule has 5 nitrogen and oxygen atoms in total. The molecular weight excluding hydrogens is 268 g/mol. The highest BCUT2D eigenvalue weighted by molar-refractivity contribution is 5.61. The lowest BCUT2D eigenvalue weighted by atomic mass is 9.88. The van der Waals surface area contributed by atoms with E-state index in [2.05, 4.69) is 11.8 Å². The normalized spacial score (nSPS) is 23.2. The Hall–Kier alpha value is -1.46. The van der Waals surface area contributed by atoms with Crippen molar-refractivity contribution in [3.05, 3.63) is 17.7 Å². The van der Waals surface area contributed by atoms with Gasteiger partial charge in [-0.25, -0.2) is 0 Å². The Morgan fingerprint density at radius 2 is 2.14 bits per heavy atom. The summed E-state index contributed by atoms with van der Waals surface area (Å²) in [6.07, 6.45) is 1.27. The number of benzene rings is 1. The third-order valence-electron chi connectivity index (χ3n) is 4.19. The second kappa shape index (κ2) is 7.00. The number of aliphatic hydroxyl groups is 1. The van der Waals surface area contributed by atoms with Crippen LogP contribution in [0.3, 0.4) is 0 Å². The van der Waals surface area contributed by atoms with Gasteiger partial charge in [0.25, 0.3) is 0 Å². The Morgan fingerprint density at radius 1 is 1.38 bits per heavy atom. The molecule has 1 aromatic rings. The number of hydrogen-bond donors (Lipinski definition) is 3. The van der Waals surface area contributed by atoms with E-state index < -0.39 is 0 Å². The van der Waals surface area contributed by atoms with Crippen molar-refractivity contribution in [1.29, 1.82) is 0 Å². The second-order valence-electron chi connectivity index (χ2n) is 5.68. The molecule has 1 saturated heterocycles. The standard InChI is InChI=1S/C16H26N2O3/c1-3-18-6-5-14(19)12(10-18)7-11-8-13(17)16(20)15(9-11)21-4-2/h8-9,12,14,19-20H,3-7,10,17H2,1-2H3. The number of phenolic OH excluding ortho intramolecular Hbond substituents is 1. The maximum atomic E-state index is 10.2. The molecule has 118 valence electrons. The third-order valence-corrected chi connectivity index (χ3v) is 4.19. The maximum Gasteiger partial charge on any atom is 0.181 e. The summed E-state index contributed by atoms with van der Waals surface area (Å²) < 4.78 is 5.41. The minimum Gasteiger partial charge on any atom is -0.503 e. The van der Waals surface area contributed by atoms with E-state index in [1.165, 1.54) is 0 Å². The van der Waals surface area contributed by atoms with Crippen LogP contribution >= 0.6 is 0 Å². The topological polar surface area (TPSA) is 79.0 Å². The first-order chi connectivity index (χ1) is 10.0. The van der Waals surface area contributed by atoms with Crippen molar-refractivity contribution in [3.63, 3.8) is 0 Å². The van der Waals surface area contributed by atoms with Crippen molar-refractivity contribution >= 4 is 5.69 Å². The molecule has 0 radical (unpaired) electrons. The van der Waals surface area contributed by atoms with Crippen LogP contribution in [0, 0.1) is 5.92 Å². The predicted octanol–water partition coefficient (Wildman–Crippen LogP) is 1.62. The highest BCUT2D eigenvalue weighted by atomic mass is 16.5. The van der Waals surface area contributed by atoms with Crippen LogP contribution < -0.4 is 10.5 Å². The number of nitrogen functional groups attached to an aromatic ring is 1. The van der Waals surface area contributed by atoms with E-state index >= 15 is 0 Å². The number of ether oxygens (including phenoxy) is 1. The minimum absolute atomic E-state index is 0.0000210. The number of aromatic hydroxyl groups is 1. The summed E-state index contributed by atoms with van der Waals surface area (Å²) in [5.41, 5.74) is 7.17. The van der Waals surface area contributed by atoms with Gasteiger partial charge in [-0.15, -0.1) is 0 Å². The van der Waals surface area contributed by atoms with Crippen molar-refractivity contribution in [1.82, 2.24) is 4.90 Å². The molecule has 1 aromatic carbocycles. The zero-order valence-electron chi connectivity index (χ0n) is 12.9. The predicted molar refractivity (Wildman–Crippen MR) is 83.6 cm³/mol. The summed E-state index contributed by atoms with van der Waals surface area (Å²) in [5.74, 6) is 0.613. The average molecular weight is 294 g/mol. The van der Waals surface area contributed by atoms with Gasteiger partial charge in [0.2, 0.25) is 0 Å². The molecule has 0 amide bonds. The smallest absolute Gasteiger partial charge is 0.181 e. The largest absolute Gasteiger partial charge is 0.503 e. The maximum absolute atomic E-state index is 10.2. The zero-order valence-corrected chi connectivity index (χ0v) is 12.9. The summed E-state index contributed by atoms with van der Waals surface area (Å²) in [7, 11) is 0. The summed E-state index contributed by atoms with van der Waals surface area (Å²) in [4.78, 5) is 2.35. The van der Waals surface area contributed by atoms with Crippen LogP contribution in [-0.2, 0) is 6.42 Å². The number of piperidine rings is 1. The molecule has 0 spiro atoms. The van der Waals surface area contributed by atoms with Gasteiger partial charge in [0.05, 0.1) is 18.4 Å². The number of nitrogens with zero attached hydrogens (tertiary/aromatic N) is 1. The molecule has 1 aliphatic rings. The van der Waals surface area contributed by atoms with Crippen LogP contribution in [0.2, 0.25) is 0 Å². The Balaban J connectivity index is 2.14. The van der Waals surface area contributed by atoms with Crippen molar-refractivity contribution in [2.24, 2.45) is 5.92 Å². The first-order valence-electron chi connectivity index (χ1n) is 7.69. The summed E-state index contributed by atoms with van der Waals surface area (Å²) in [5, 5.41) is 20.1. The third kappa shape index (κ3) is 3.80. The van der Waals surface area contributed by atoms with E-state index in [-0.39, 0.29) is 17.8 Å². The Morgan fingerprint density at radius 3 is 2.81 bits per heavy atom. The lowest BCUT2D eigenvalue weighted by molar-refractivity contribution is 0.0290. The number of aliphatic hydroxyl groups excluding tert-OH is 1. The van der Waals surface area contributed by atoms with Crippen molar-refractivity contribution in [3.8, 4) is 11.5 Å². The number of phenols is 1. The summed E-state index contributed by atoms with van der Waals surface area (Å²) in [6, 6.07) is 3.60. The number of anilines is 1. The molecule has 1 heterocycles. The van der Waals surface area contributed by atoms with Gasteiger partial charge in [-0.1, -0.05) is 6.92 Å². The van der Waals surface area contributed by atoms with Gasteiger partial charge in [-0.05, 0) is 44.0 Å². The average Bonchev–Trinajstić information content (AvgIpc) is 2.47. The molecule has 4 N–H and O–H groups in total. The first-order valence-corrected chi connectivity index (χ1v) is 7.69. The number of likely N-dealkylation sites (tertiary alicyclic amines) is 1. The van der Waals surface area contributed by atoms with E-state index in [9.17, 15) is 10.2 Å². The molecule has 2 rings (SSSR count). The van der Waals surface area contributed by atoms with E-state index in [0.29, 0.717) is 18.0 Å². The van der Waals surface area contributed by atoms with E-state index in [1.807, 2.05) is 13.0 Å². The van der Waals surface area contributed by atoms with Gasteiger partial charge in [0.1, 0.15) is 0 Å². The molecule has 0 aromatic heterocycles. The minimum atomic E-state index is -0.279. The lowest BCUT2D eigenvalue weighted by Crippen LogP contribution is -2.43. The van der Waals surface area contributed by atoms with Gasteiger partial charge >= 0.3 is 0 Å². The molecule has 0 saturated carbocycles. The van der Waals surface area contributed by atoms with Gasteiger partial charge < -0.3 is 25.6 Å². The Labute approximate surface area is 126 Å². The summed E-state index contributed by atoms with van der Waals surface area (Å²) in [6.45, 7) is 7.34. The number of nitrogens with two attached hydrogens (primary N) is 1. The van der Waals surface area contributed by atoms with Crippen LogP contribution in [-0.4, -0.2) is 47.5 Å². The van der Waals surface area contributed by atoms with Crippen molar-refractivity contribution in [2.75, 3.05) is 32.0 Å². The highest BCUT2D eigenvalue weighted by Crippen LogP contribution is 2.35. The SMILES string of the molecule is CCOc1cc(CC2CN(CC)CCC2O)cc(N)c1O. The quantitative estimate of drug-likeness (QED) is 0.568. The van der Waals surface area contributed by atoms with E-state index in [1.54, 1.807) is 6.07 Å². The van der Waals surface area contributed by atoms with Crippen LogP contribution in [0.4, 0.5) is 5.69 Å². The van der Waals surface area contributed by atoms with E-state index in [4.69, 9.17) is 10.5 Å². The highest BCUT2D eigenvalue weighted by Gasteiger charge is 2.27. The molecule has 2 unspecified atom stereocenters. The van der Waals surface area contributed by atoms with Gasteiger partial charge in [0.15, 0.2) is 11.5 Å². The first kappa shape index (κ1) is 15.9. The number of rotatable bonds is 5. The molecule has 21 heavy (non-hydrogen) atoms. The van der Waals surface area contributed by atoms with Gasteiger partial charge in [0, 0.05) is 19.0 Å². The fourth-order valence-corrected chi connectivity index (χ4v) is 2.96. The molecule has 1 aliphatic heterocycles. The zero-order chi connectivity index (χ0) is 15.4. The fourth-order valence-electron chi connectivity index (χ4n) is 2.96. The molecule has 5 heteroatoms. The molecule has 0 bridgehead atoms. The number of hydrogen-bond acceptors (Lipinski definition) is 5. The molecule has 1 fully saturated rings. The van der Waals surface area contributed by atoms with Gasteiger partial charge in [-0.2, -0.15) is 0 Å². The molecular formula is C16H26N2O3. The fraction of sp³-hybridized carbons (Fsp3) is 0.625. The Kier molecular flexibility index (Phi) is 5.31. The van der Waals surface area contributed by atoms with Crippen LogP contribution in [0.5, 0.6) is 11.5 Å².